The van der Waals surface area contributed by atoms with Crippen molar-refractivity contribution < 1.29 is 27.5 Å². The van der Waals surface area contributed by atoms with Crippen LogP contribution in [0.4, 0.5) is 4.79 Å². The quantitative estimate of drug-likeness (QED) is 0.601. The van der Waals surface area contributed by atoms with E-state index < -0.39 is 27.7 Å². The Hall–Kier alpha value is -2.13. The van der Waals surface area contributed by atoms with Crippen LogP contribution in [-0.2, 0) is 19.5 Å². The van der Waals surface area contributed by atoms with Crippen molar-refractivity contribution in [2.75, 3.05) is 27.2 Å². The first-order chi connectivity index (χ1) is 11.4. The molecule has 1 aromatic carbocycles. The lowest BCUT2D eigenvalue weighted by Crippen LogP contribution is -2.34. The molecule has 0 aliphatic heterocycles. The van der Waals surface area contributed by atoms with Crippen LogP contribution in [-0.4, -0.2) is 57.6 Å². The Labute approximate surface area is 148 Å². The molecular formula is C16H24N2O6S. The average molecular weight is 372 g/mol. The molecular weight excluding hydrogens is 348 g/mol. The zero-order chi connectivity index (χ0) is 19.3. The van der Waals surface area contributed by atoms with Crippen LogP contribution in [0.15, 0.2) is 29.2 Å². The molecule has 0 aliphatic carbocycles. The van der Waals surface area contributed by atoms with E-state index in [1.165, 1.54) is 38.4 Å². The van der Waals surface area contributed by atoms with Gasteiger partial charge in [0.2, 0.25) is 10.0 Å². The molecule has 0 atom stereocenters. The highest BCUT2D eigenvalue weighted by molar-refractivity contribution is 7.89. The van der Waals surface area contributed by atoms with E-state index in [0.29, 0.717) is 0 Å². The van der Waals surface area contributed by atoms with Crippen molar-refractivity contribution in [3.05, 3.63) is 29.8 Å². The van der Waals surface area contributed by atoms with Gasteiger partial charge in [-0.2, -0.15) is 0 Å². The summed E-state index contributed by atoms with van der Waals surface area (Å²) in [6.07, 6.45) is -0.596. The van der Waals surface area contributed by atoms with Crippen molar-refractivity contribution in [1.29, 1.82) is 0 Å². The third kappa shape index (κ3) is 6.71. The molecule has 0 aliphatic rings. The second-order valence-corrected chi connectivity index (χ2v) is 8.53. The fourth-order valence-electron chi connectivity index (χ4n) is 1.67. The Morgan fingerprint density at radius 2 is 1.68 bits per heavy atom. The minimum atomic E-state index is -3.55. The number of esters is 1. The molecule has 8 nitrogen and oxygen atoms in total. The number of benzene rings is 1. The lowest BCUT2D eigenvalue weighted by Gasteiger charge is -2.19. The van der Waals surface area contributed by atoms with Gasteiger partial charge in [-0.3, -0.25) is 0 Å². The highest BCUT2D eigenvalue weighted by Crippen LogP contribution is 2.14. The second kappa shape index (κ2) is 8.30. The molecule has 25 heavy (non-hydrogen) atoms. The molecule has 140 valence electrons. The monoisotopic (exact) mass is 372 g/mol. The van der Waals surface area contributed by atoms with Gasteiger partial charge in [0, 0.05) is 14.1 Å². The van der Waals surface area contributed by atoms with Gasteiger partial charge in [0.1, 0.15) is 12.2 Å². The number of carbonyl (C=O) groups excluding carboxylic acids is 2. The molecule has 0 saturated carbocycles. The molecule has 1 rings (SSSR count). The zero-order valence-electron chi connectivity index (χ0n) is 15.0. The Balaban J connectivity index is 2.50. The first kappa shape index (κ1) is 20.9. The number of carbonyl (C=O) groups is 2. The van der Waals surface area contributed by atoms with Crippen molar-refractivity contribution in [3.8, 4) is 0 Å². The molecule has 1 aromatic rings. The average Bonchev–Trinajstić information content (AvgIpc) is 2.49. The number of alkyl carbamates (subject to hydrolysis) is 1. The van der Waals surface area contributed by atoms with Gasteiger partial charge in [0.05, 0.1) is 17.0 Å². The molecule has 0 spiro atoms. The van der Waals surface area contributed by atoms with Crippen LogP contribution in [0.2, 0.25) is 0 Å². The summed E-state index contributed by atoms with van der Waals surface area (Å²) in [6, 6.07) is 5.43. The van der Waals surface area contributed by atoms with Crippen molar-refractivity contribution in [2.45, 2.75) is 31.3 Å². The van der Waals surface area contributed by atoms with Crippen LogP contribution in [0.1, 0.15) is 31.1 Å². The number of ether oxygens (including phenoxy) is 2. The molecule has 0 radical (unpaired) electrons. The Morgan fingerprint density at radius 3 is 2.16 bits per heavy atom. The van der Waals surface area contributed by atoms with E-state index in [4.69, 9.17) is 9.47 Å². The fourth-order valence-corrected chi connectivity index (χ4v) is 2.57. The smallest absolute Gasteiger partial charge is 0.407 e. The topological polar surface area (TPSA) is 102 Å². The highest BCUT2D eigenvalue weighted by Gasteiger charge is 2.18. The van der Waals surface area contributed by atoms with E-state index in [0.717, 1.165) is 4.31 Å². The van der Waals surface area contributed by atoms with E-state index in [2.05, 4.69) is 5.32 Å². The molecule has 1 amide bonds. The van der Waals surface area contributed by atoms with Crippen LogP contribution < -0.4 is 5.32 Å². The van der Waals surface area contributed by atoms with E-state index in [9.17, 15) is 18.0 Å². The Kier molecular flexibility index (Phi) is 6.95. The van der Waals surface area contributed by atoms with Gasteiger partial charge in [0.15, 0.2) is 0 Å². The molecule has 0 bridgehead atoms. The summed E-state index contributed by atoms with van der Waals surface area (Å²) in [6.45, 7) is 5.30. The van der Waals surface area contributed by atoms with Crippen LogP contribution >= 0.6 is 0 Å². The summed E-state index contributed by atoms with van der Waals surface area (Å²) in [5.41, 5.74) is -0.384. The summed E-state index contributed by atoms with van der Waals surface area (Å²) < 4.78 is 35.0. The predicted octanol–water partition coefficient (Wildman–Crippen LogP) is 1.62. The SMILES string of the molecule is CN(C)S(=O)(=O)c1ccc(C(=O)OCCNC(=O)OC(C)(C)C)cc1. The molecule has 0 aromatic heterocycles. The van der Waals surface area contributed by atoms with E-state index in [-0.39, 0.29) is 23.6 Å². The number of rotatable bonds is 6. The molecule has 0 fully saturated rings. The highest BCUT2D eigenvalue weighted by atomic mass is 32.2. The van der Waals surface area contributed by atoms with Crippen molar-refractivity contribution >= 4 is 22.1 Å². The number of hydrogen-bond acceptors (Lipinski definition) is 6. The molecule has 9 heteroatoms. The summed E-state index contributed by atoms with van der Waals surface area (Å²) in [5, 5.41) is 2.46. The minimum Gasteiger partial charge on any atom is -0.460 e. The Bertz CT molecular complexity index is 705. The molecule has 0 saturated heterocycles. The van der Waals surface area contributed by atoms with Crippen LogP contribution in [0, 0.1) is 0 Å². The van der Waals surface area contributed by atoms with Crippen molar-refractivity contribution in [2.24, 2.45) is 0 Å². The number of nitrogens with zero attached hydrogens (tertiary/aromatic N) is 1. The zero-order valence-corrected chi connectivity index (χ0v) is 15.8. The van der Waals surface area contributed by atoms with E-state index in [1.54, 1.807) is 20.8 Å². The van der Waals surface area contributed by atoms with Gasteiger partial charge in [-0.1, -0.05) is 0 Å². The lowest BCUT2D eigenvalue weighted by molar-refractivity contribution is 0.0433. The third-order valence-corrected chi connectivity index (χ3v) is 4.70. The third-order valence-electron chi connectivity index (χ3n) is 2.87. The van der Waals surface area contributed by atoms with Gasteiger partial charge in [0.25, 0.3) is 0 Å². The summed E-state index contributed by atoms with van der Waals surface area (Å²) >= 11 is 0. The van der Waals surface area contributed by atoms with Crippen LogP contribution in [0.5, 0.6) is 0 Å². The number of sulfonamides is 1. The fraction of sp³-hybridized carbons (Fsp3) is 0.500. The minimum absolute atomic E-state index is 0.0319. The summed E-state index contributed by atoms with van der Waals surface area (Å²) in [5.74, 6) is -0.611. The maximum Gasteiger partial charge on any atom is 0.407 e. The van der Waals surface area contributed by atoms with Crippen molar-refractivity contribution in [1.82, 2.24) is 9.62 Å². The maximum atomic E-state index is 11.9. The first-order valence-corrected chi connectivity index (χ1v) is 9.04. The van der Waals surface area contributed by atoms with Gasteiger partial charge in [-0.25, -0.2) is 22.3 Å². The van der Waals surface area contributed by atoms with E-state index >= 15 is 0 Å². The summed E-state index contributed by atoms with van der Waals surface area (Å²) in [4.78, 5) is 23.4. The van der Waals surface area contributed by atoms with Crippen LogP contribution in [0.25, 0.3) is 0 Å². The lowest BCUT2D eigenvalue weighted by atomic mass is 10.2. The standard InChI is InChI=1S/C16H24N2O6S/c1-16(2,3)24-15(20)17-10-11-23-14(19)12-6-8-13(9-7-12)25(21,22)18(4)5/h6-9H,10-11H2,1-5H3,(H,17,20). The molecule has 0 heterocycles. The van der Waals surface area contributed by atoms with Gasteiger partial charge < -0.3 is 14.8 Å². The van der Waals surface area contributed by atoms with Gasteiger partial charge in [-0.15, -0.1) is 0 Å². The maximum absolute atomic E-state index is 11.9. The largest absolute Gasteiger partial charge is 0.460 e. The second-order valence-electron chi connectivity index (χ2n) is 6.38. The summed E-state index contributed by atoms with van der Waals surface area (Å²) in [7, 11) is -0.693. The van der Waals surface area contributed by atoms with Gasteiger partial charge >= 0.3 is 12.1 Å². The predicted molar refractivity (Wildman–Crippen MR) is 91.8 cm³/mol. The van der Waals surface area contributed by atoms with Crippen LogP contribution in [0.3, 0.4) is 0 Å². The van der Waals surface area contributed by atoms with Crippen molar-refractivity contribution in [3.63, 3.8) is 0 Å². The molecule has 0 unspecified atom stereocenters. The molecule has 1 N–H and O–H groups in total. The first-order valence-electron chi connectivity index (χ1n) is 7.60. The van der Waals surface area contributed by atoms with E-state index in [1.807, 2.05) is 0 Å². The Morgan fingerprint density at radius 1 is 1.12 bits per heavy atom. The number of amides is 1. The van der Waals surface area contributed by atoms with Gasteiger partial charge in [-0.05, 0) is 45.0 Å². The normalized spacial score (nSPS) is 11.9. The number of nitrogens with one attached hydrogen (secondary N) is 1. The number of hydrogen-bond donors (Lipinski definition) is 1.